The van der Waals surface area contributed by atoms with Crippen LogP contribution in [0.2, 0.25) is 0 Å². The number of hydrogen-bond donors (Lipinski definition) is 2. The lowest BCUT2D eigenvalue weighted by molar-refractivity contribution is -0.143. The lowest BCUT2D eigenvalue weighted by atomic mass is 9.84. The van der Waals surface area contributed by atoms with Gasteiger partial charge in [0.25, 0.3) is 0 Å². The van der Waals surface area contributed by atoms with E-state index in [1.807, 2.05) is 0 Å². The van der Waals surface area contributed by atoms with Gasteiger partial charge in [0, 0.05) is 0 Å². The van der Waals surface area contributed by atoms with E-state index in [-0.39, 0.29) is 0 Å². The average Bonchev–Trinajstić information content (AvgIpc) is 2.37. The van der Waals surface area contributed by atoms with Gasteiger partial charge in [-0.3, -0.25) is 4.79 Å². The molecule has 1 rings (SSSR count). The highest BCUT2D eigenvalue weighted by Crippen LogP contribution is 2.24. The van der Waals surface area contributed by atoms with Crippen molar-refractivity contribution in [1.29, 1.82) is 0 Å². The molecule has 3 nitrogen and oxygen atoms in total. The van der Waals surface area contributed by atoms with Gasteiger partial charge in [-0.1, -0.05) is 37.1 Å². The zero-order valence-corrected chi connectivity index (χ0v) is 13.1. The number of aryl methyl sites for hydroxylation is 3. The van der Waals surface area contributed by atoms with Gasteiger partial charge in [0.2, 0.25) is 0 Å². The van der Waals surface area contributed by atoms with E-state index in [1.54, 1.807) is 6.92 Å². The topological polar surface area (TPSA) is 63.3 Å². The number of nitrogens with two attached hydrogens (primary N) is 1. The summed E-state index contributed by atoms with van der Waals surface area (Å²) in [6, 6.07) is 6.49. The molecule has 0 aromatic heterocycles. The molecule has 0 aliphatic carbocycles. The molecule has 20 heavy (non-hydrogen) atoms. The Morgan fingerprint density at radius 1 is 1.40 bits per heavy atom. The first-order valence-corrected chi connectivity index (χ1v) is 7.34. The molecule has 1 aromatic rings. The summed E-state index contributed by atoms with van der Waals surface area (Å²) in [6.07, 6.45) is 3.47. The fourth-order valence-corrected chi connectivity index (χ4v) is 2.57. The van der Waals surface area contributed by atoms with Crippen molar-refractivity contribution in [2.24, 2.45) is 11.7 Å². The van der Waals surface area contributed by atoms with Crippen LogP contribution in [0.1, 0.15) is 49.8 Å². The predicted octanol–water partition coefficient (Wildman–Crippen LogP) is 3.45. The maximum absolute atomic E-state index is 11.1. The van der Waals surface area contributed by atoms with Crippen molar-refractivity contribution in [3.63, 3.8) is 0 Å². The minimum atomic E-state index is -1.12. The summed E-state index contributed by atoms with van der Waals surface area (Å²) in [6.45, 7) is 7.93. The molecule has 0 saturated heterocycles. The predicted molar refractivity (Wildman–Crippen MR) is 82.9 cm³/mol. The lowest BCUT2D eigenvalue weighted by Gasteiger charge is -2.25. The first-order valence-electron chi connectivity index (χ1n) is 7.34. The number of rotatable bonds is 7. The van der Waals surface area contributed by atoms with E-state index >= 15 is 0 Å². The zero-order valence-electron chi connectivity index (χ0n) is 13.1. The Bertz CT molecular complexity index is 466. The van der Waals surface area contributed by atoms with E-state index in [0.29, 0.717) is 12.3 Å². The summed E-state index contributed by atoms with van der Waals surface area (Å²) in [5.74, 6) is -0.566. The molecular formula is C17H27NO2. The number of aliphatic carboxylic acids is 1. The lowest BCUT2D eigenvalue weighted by Crippen LogP contribution is -2.46. The SMILES string of the molecule is CCC(CCc1cc(C)ccc1C)CC(C)(N)C(=O)O. The van der Waals surface area contributed by atoms with Crippen LogP contribution in [-0.4, -0.2) is 16.6 Å². The normalized spacial score (nSPS) is 15.7. The molecule has 0 radical (unpaired) electrons. The quantitative estimate of drug-likeness (QED) is 0.802. The number of benzene rings is 1. The van der Waals surface area contributed by atoms with E-state index in [1.165, 1.54) is 16.7 Å². The highest BCUT2D eigenvalue weighted by Gasteiger charge is 2.30. The monoisotopic (exact) mass is 277 g/mol. The van der Waals surface area contributed by atoms with E-state index in [0.717, 1.165) is 19.3 Å². The highest BCUT2D eigenvalue weighted by molar-refractivity contribution is 5.77. The minimum absolute atomic E-state index is 0.348. The maximum atomic E-state index is 11.1. The van der Waals surface area contributed by atoms with Crippen molar-refractivity contribution in [2.75, 3.05) is 0 Å². The molecule has 0 heterocycles. The van der Waals surface area contributed by atoms with Gasteiger partial charge in [-0.15, -0.1) is 0 Å². The van der Waals surface area contributed by atoms with Gasteiger partial charge in [0.1, 0.15) is 5.54 Å². The summed E-state index contributed by atoms with van der Waals surface area (Å²) >= 11 is 0. The molecule has 3 N–H and O–H groups in total. The second-order valence-electron chi connectivity index (χ2n) is 6.17. The summed E-state index contributed by atoms with van der Waals surface area (Å²) < 4.78 is 0. The van der Waals surface area contributed by atoms with Gasteiger partial charge >= 0.3 is 5.97 Å². The Morgan fingerprint density at radius 2 is 2.05 bits per heavy atom. The van der Waals surface area contributed by atoms with Crippen LogP contribution in [0, 0.1) is 19.8 Å². The van der Waals surface area contributed by atoms with E-state index < -0.39 is 11.5 Å². The van der Waals surface area contributed by atoms with Crippen molar-refractivity contribution >= 4 is 5.97 Å². The Hall–Kier alpha value is -1.35. The van der Waals surface area contributed by atoms with Crippen LogP contribution in [0.25, 0.3) is 0 Å². The third-order valence-corrected chi connectivity index (χ3v) is 4.11. The standard InChI is InChI=1S/C17H27NO2/c1-5-14(11-17(4,18)16(19)20)8-9-15-10-12(2)6-7-13(15)3/h6-7,10,14H,5,8-9,11,18H2,1-4H3,(H,19,20). The first-order chi connectivity index (χ1) is 9.26. The zero-order chi connectivity index (χ0) is 15.3. The summed E-state index contributed by atoms with van der Waals surface area (Å²) in [5.41, 5.74) is 8.67. The molecule has 0 bridgehead atoms. The van der Waals surface area contributed by atoms with Crippen molar-refractivity contribution in [1.82, 2.24) is 0 Å². The Kier molecular flexibility index (Phi) is 5.75. The molecule has 0 spiro atoms. The van der Waals surface area contributed by atoms with Crippen molar-refractivity contribution in [3.8, 4) is 0 Å². The van der Waals surface area contributed by atoms with Gasteiger partial charge < -0.3 is 10.8 Å². The summed E-state index contributed by atoms with van der Waals surface area (Å²) in [5, 5.41) is 9.13. The number of carboxylic acids is 1. The Morgan fingerprint density at radius 3 is 2.60 bits per heavy atom. The van der Waals surface area contributed by atoms with Crippen molar-refractivity contribution in [3.05, 3.63) is 34.9 Å². The molecule has 0 fully saturated rings. The fraction of sp³-hybridized carbons (Fsp3) is 0.588. The largest absolute Gasteiger partial charge is 0.480 e. The van der Waals surface area contributed by atoms with Gasteiger partial charge in [0.05, 0.1) is 0 Å². The second-order valence-corrected chi connectivity index (χ2v) is 6.17. The van der Waals surface area contributed by atoms with Gasteiger partial charge in [0.15, 0.2) is 0 Å². The summed E-state index contributed by atoms with van der Waals surface area (Å²) in [7, 11) is 0. The molecule has 1 aromatic carbocycles. The van der Waals surface area contributed by atoms with Crippen LogP contribution >= 0.6 is 0 Å². The molecule has 0 aliphatic rings. The molecule has 0 amide bonds. The van der Waals surface area contributed by atoms with Crippen molar-refractivity contribution < 1.29 is 9.90 Å². The van der Waals surface area contributed by atoms with Crippen molar-refractivity contribution in [2.45, 2.75) is 58.9 Å². The summed E-state index contributed by atoms with van der Waals surface area (Å²) in [4.78, 5) is 11.1. The van der Waals surface area contributed by atoms with Crippen LogP contribution < -0.4 is 5.73 Å². The van der Waals surface area contributed by atoms with E-state index in [2.05, 4.69) is 39.0 Å². The van der Waals surface area contributed by atoms with Gasteiger partial charge in [-0.05, 0) is 57.1 Å². The molecule has 2 unspecified atom stereocenters. The molecular weight excluding hydrogens is 250 g/mol. The Labute approximate surface area is 122 Å². The second kappa shape index (κ2) is 6.89. The highest BCUT2D eigenvalue weighted by atomic mass is 16.4. The first kappa shape index (κ1) is 16.7. The number of carbonyl (C=O) groups is 1. The van der Waals surface area contributed by atoms with Gasteiger partial charge in [-0.25, -0.2) is 0 Å². The average molecular weight is 277 g/mol. The molecule has 3 heteroatoms. The van der Waals surface area contributed by atoms with Crippen LogP contribution in [0.4, 0.5) is 0 Å². The molecule has 112 valence electrons. The van der Waals surface area contributed by atoms with Crippen LogP contribution in [0.15, 0.2) is 18.2 Å². The minimum Gasteiger partial charge on any atom is -0.480 e. The molecule has 0 aliphatic heterocycles. The molecule has 0 saturated carbocycles. The fourth-order valence-electron chi connectivity index (χ4n) is 2.57. The third kappa shape index (κ3) is 4.64. The Balaban J connectivity index is 2.66. The smallest absolute Gasteiger partial charge is 0.323 e. The van der Waals surface area contributed by atoms with Crippen LogP contribution in [0.5, 0.6) is 0 Å². The van der Waals surface area contributed by atoms with Crippen LogP contribution in [-0.2, 0) is 11.2 Å². The molecule has 2 atom stereocenters. The van der Waals surface area contributed by atoms with Gasteiger partial charge in [-0.2, -0.15) is 0 Å². The van der Waals surface area contributed by atoms with E-state index in [9.17, 15) is 4.79 Å². The van der Waals surface area contributed by atoms with E-state index in [4.69, 9.17) is 10.8 Å². The number of carboxylic acid groups (broad SMARTS) is 1. The van der Waals surface area contributed by atoms with Crippen LogP contribution in [0.3, 0.4) is 0 Å². The number of hydrogen-bond acceptors (Lipinski definition) is 2. The maximum Gasteiger partial charge on any atom is 0.323 e. The third-order valence-electron chi connectivity index (χ3n) is 4.11.